The highest BCUT2D eigenvalue weighted by molar-refractivity contribution is 5.89. The lowest BCUT2D eigenvalue weighted by molar-refractivity contribution is -0.201. The molecule has 4 rings (SSSR count). The number of nitrogens with zero attached hydrogens (tertiary/aromatic N) is 1. The molecule has 57 heavy (non-hydrogen) atoms. The fraction of sp³-hybridized carbons (Fsp3) is 0.800. The van der Waals surface area contributed by atoms with Crippen molar-refractivity contribution >= 4 is 35.7 Å². The van der Waals surface area contributed by atoms with Crippen molar-refractivity contribution in [2.24, 2.45) is 28.6 Å². The predicted molar refractivity (Wildman–Crippen MR) is 195 cm³/mol. The smallest absolute Gasteiger partial charge is 0.468 e. The lowest BCUT2D eigenvalue weighted by Crippen LogP contribution is -2.64. The number of fused-ring (bicyclic) bond motifs is 4. The number of amides is 2. The average molecular weight is 817 g/mol. The quantitative estimate of drug-likeness (QED) is 0.137. The molecule has 0 aromatic heterocycles. The van der Waals surface area contributed by atoms with Gasteiger partial charge in [0.05, 0.1) is 12.7 Å². The van der Waals surface area contributed by atoms with Crippen LogP contribution in [0.15, 0.2) is 11.1 Å². The SMILES string of the molecule is COC(=O)CNC(=O)CN(C(=O)C(F)(F)F)[C@@H]1CC2=C3CC[C@H]([C@@](C)(O)[C@@H](CCC(C)(C)O)OC(C)=O)[C@@]3(C)CC[C@@H]2[C@@]2(C)C[C@H](OC(C)=O)[C@H](OC(C)=O)C[C@@H]12. The first-order valence-corrected chi connectivity index (χ1v) is 19.6. The number of carbonyl (C=O) groups is 6. The Morgan fingerprint density at radius 3 is 2.11 bits per heavy atom. The number of alkyl halides is 3. The van der Waals surface area contributed by atoms with Crippen LogP contribution < -0.4 is 5.32 Å². The van der Waals surface area contributed by atoms with Crippen molar-refractivity contribution in [1.29, 1.82) is 0 Å². The van der Waals surface area contributed by atoms with Gasteiger partial charge in [0.1, 0.15) is 37.0 Å². The minimum atomic E-state index is -5.40. The van der Waals surface area contributed by atoms with E-state index in [0.29, 0.717) is 30.6 Å². The van der Waals surface area contributed by atoms with E-state index in [0.717, 1.165) is 25.2 Å². The van der Waals surface area contributed by atoms with Crippen LogP contribution in [0.3, 0.4) is 0 Å². The topological polar surface area (TPSA) is 195 Å². The number of allylic oxidation sites excluding steroid dienone is 1. The number of hydrogen-bond donors (Lipinski definition) is 3. The van der Waals surface area contributed by atoms with Crippen molar-refractivity contribution in [3.63, 3.8) is 0 Å². The van der Waals surface area contributed by atoms with Gasteiger partial charge in [-0.2, -0.15) is 13.2 Å². The minimum Gasteiger partial charge on any atom is -0.468 e. The van der Waals surface area contributed by atoms with Crippen LogP contribution in [0.2, 0.25) is 0 Å². The molecule has 0 aromatic rings. The number of esters is 4. The van der Waals surface area contributed by atoms with Gasteiger partial charge < -0.3 is 39.4 Å². The van der Waals surface area contributed by atoms with Gasteiger partial charge in [-0.05, 0) is 101 Å². The average Bonchev–Trinajstić information content (AvgIpc) is 3.44. The van der Waals surface area contributed by atoms with Crippen molar-refractivity contribution < 1.29 is 71.1 Å². The Balaban J connectivity index is 1.89. The predicted octanol–water partition coefficient (Wildman–Crippen LogP) is 4.08. The van der Waals surface area contributed by atoms with Gasteiger partial charge in [0.15, 0.2) is 0 Å². The second-order valence-corrected chi connectivity index (χ2v) is 17.7. The summed E-state index contributed by atoms with van der Waals surface area (Å²) in [6, 6.07) is -1.27. The minimum absolute atomic E-state index is 0.0685. The first kappa shape index (κ1) is 46.0. The second-order valence-electron chi connectivity index (χ2n) is 17.7. The molecule has 10 atom stereocenters. The van der Waals surface area contributed by atoms with E-state index in [1.165, 1.54) is 13.8 Å². The van der Waals surface area contributed by atoms with Crippen molar-refractivity contribution in [3.8, 4) is 0 Å². The van der Waals surface area contributed by atoms with E-state index >= 15 is 0 Å². The van der Waals surface area contributed by atoms with Crippen molar-refractivity contribution in [1.82, 2.24) is 10.2 Å². The Labute approximate surface area is 331 Å². The molecule has 0 heterocycles. The molecule has 2 amide bonds. The molecular weight excluding hydrogens is 757 g/mol. The molecule has 4 aliphatic rings. The van der Waals surface area contributed by atoms with E-state index in [2.05, 4.69) is 10.1 Å². The molecule has 0 unspecified atom stereocenters. The maximum Gasteiger partial charge on any atom is 0.471 e. The zero-order chi connectivity index (χ0) is 43.1. The van der Waals surface area contributed by atoms with Crippen LogP contribution in [-0.4, -0.2) is 113 Å². The first-order valence-electron chi connectivity index (χ1n) is 19.6. The highest BCUT2D eigenvalue weighted by Crippen LogP contribution is 2.67. The Hall–Kier alpha value is -3.73. The Kier molecular flexibility index (Phi) is 13.6. The monoisotopic (exact) mass is 816 g/mol. The third kappa shape index (κ3) is 9.94. The molecule has 3 saturated carbocycles. The van der Waals surface area contributed by atoms with Crippen LogP contribution in [0.5, 0.6) is 0 Å². The van der Waals surface area contributed by atoms with Gasteiger partial charge in [0.25, 0.3) is 0 Å². The summed E-state index contributed by atoms with van der Waals surface area (Å²) in [7, 11) is 1.07. The van der Waals surface area contributed by atoms with E-state index in [-0.39, 0.29) is 38.0 Å². The summed E-state index contributed by atoms with van der Waals surface area (Å²) < 4.78 is 65.1. The van der Waals surface area contributed by atoms with Crippen molar-refractivity contribution in [2.45, 2.75) is 155 Å². The molecule has 3 fully saturated rings. The number of ether oxygens (including phenoxy) is 4. The maximum atomic E-state index is 14.5. The zero-order valence-corrected chi connectivity index (χ0v) is 34.4. The van der Waals surface area contributed by atoms with Gasteiger partial charge >= 0.3 is 36.0 Å². The van der Waals surface area contributed by atoms with Crippen LogP contribution >= 0.6 is 0 Å². The summed E-state index contributed by atoms with van der Waals surface area (Å²) >= 11 is 0. The molecular formula is C40H59F3N2O12. The zero-order valence-electron chi connectivity index (χ0n) is 34.4. The van der Waals surface area contributed by atoms with E-state index in [1.807, 2.05) is 13.8 Å². The van der Waals surface area contributed by atoms with Gasteiger partial charge in [-0.15, -0.1) is 0 Å². The van der Waals surface area contributed by atoms with Gasteiger partial charge in [-0.3, -0.25) is 28.8 Å². The standard InChI is InChI=1S/C40H59F3N2O12/c1-21(46)55-29-17-27-28(45(35(51)40(41,42)43)20-33(49)44-19-34(50)54-9)16-24-25-10-11-31(39(8,53)32(57-23(3)48)13-14-36(4,5)52)37(25,6)15-12-26(24)38(27,7)18-30(29)56-22(2)47/h26-32,52-53H,10-20H2,1-9H3,(H,44,49)/t26-,27-,28+,29+,30-,31-,32+,37-,38+,39+/m0/s1. The second kappa shape index (κ2) is 16.9. The highest BCUT2D eigenvalue weighted by atomic mass is 19.4. The molecule has 322 valence electrons. The summed E-state index contributed by atoms with van der Waals surface area (Å²) in [5.74, 6) is -7.67. The van der Waals surface area contributed by atoms with Crippen LogP contribution in [0, 0.1) is 28.6 Å². The number of methoxy groups -OCH3 is 1. The van der Waals surface area contributed by atoms with E-state index in [4.69, 9.17) is 14.2 Å². The number of halogens is 3. The van der Waals surface area contributed by atoms with Gasteiger partial charge in [-0.25, -0.2) is 0 Å². The molecule has 3 N–H and O–H groups in total. The largest absolute Gasteiger partial charge is 0.471 e. The number of carbonyl (C=O) groups excluding carboxylic acids is 6. The summed E-state index contributed by atoms with van der Waals surface area (Å²) in [6.07, 6.45) is -6.20. The lowest BCUT2D eigenvalue weighted by Gasteiger charge is -2.61. The fourth-order valence-corrected chi connectivity index (χ4v) is 10.8. The van der Waals surface area contributed by atoms with Gasteiger partial charge in [0, 0.05) is 32.7 Å². The molecule has 0 spiro atoms. The third-order valence-corrected chi connectivity index (χ3v) is 13.2. The Bertz CT molecular complexity index is 1620. The maximum absolute atomic E-state index is 14.5. The summed E-state index contributed by atoms with van der Waals surface area (Å²) in [5, 5.41) is 25.1. The van der Waals surface area contributed by atoms with E-state index < -0.39 is 113 Å². The summed E-state index contributed by atoms with van der Waals surface area (Å²) in [4.78, 5) is 75.9. The number of aliphatic hydroxyl groups is 2. The van der Waals surface area contributed by atoms with Crippen LogP contribution in [0.25, 0.3) is 0 Å². The number of nitrogens with one attached hydrogen (secondary N) is 1. The fourth-order valence-electron chi connectivity index (χ4n) is 10.8. The molecule has 0 bridgehead atoms. The van der Waals surface area contributed by atoms with Gasteiger partial charge in [0.2, 0.25) is 5.91 Å². The van der Waals surface area contributed by atoms with E-state index in [9.17, 15) is 52.2 Å². The van der Waals surface area contributed by atoms with Crippen LogP contribution in [-0.2, 0) is 47.7 Å². The molecule has 4 aliphatic carbocycles. The van der Waals surface area contributed by atoms with E-state index in [1.54, 1.807) is 20.8 Å². The third-order valence-electron chi connectivity index (χ3n) is 13.2. The molecule has 0 aromatic carbocycles. The Morgan fingerprint density at radius 1 is 0.947 bits per heavy atom. The number of rotatable bonds is 13. The van der Waals surface area contributed by atoms with Crippen LogP contribution in [0.1, 0.15) is 113 Å². The van der Waals surface area contributed by atoms with Crippen molar-refractivity contribution in [2.75, 3.05) is 20.2 Å². The Morgan fingerprint density at radius 2 is 1.56 bits per heavy atom. The highest BCUT2D eigenvalue weighted by Gasteiger charge is 2.64. The molecule has 0 radical (unpaired) electrons. The molecule has 17 heteroatoms. The van der Waals surface area contributed by atoms with Crippen molar-refractivity contribution in [3.05, 3.63) is 11.1 Å². The normalized spacial score (nSPS) is 31.3. The van der Waals surface area contributed by atoms with Crippen LogP contribution in [0.4, 0.5) is 13.2 Å². The lowest BCUT2D eigenvalue weighted by atomic mass is 9.47. The van der Waals surface area contributed by atoms with Gasteiger partial charge in [-0.1, -0.05) is 25.0 Å². The molecule has 0 aliphatic heterocycles. The molecule has 14 nitrogen and oxygen atoms in total. The first-order chi connectivity index (χ1) is 26.1. The summed E-state index contributed by atoms with van der Waals surface area (Å²) in [5.41, 5.74) is -2.72. The molecule has 0 saturated heterocycles. The summed E-state index contributed by atoms with van der Waals surface area (Å²) in [6.45, 7) is 10.6. The number of hydrogen-bond acceptors (Lipinski definition) is 12.